The number of rotatable bonds is 6. The topological polar surface area (TPSA) is 130 Å². The van der Waals surface area contributed by atoms with Crippen LogP contribution in [0.1, 0.15) is 19.8 Å². The zero-order valence-corrected chi connectivity index (χ0v) is 20.2. The Kier molecular flexibility index (Phi) is 5.65. The Morgan fingerprint density at radius 1 is 1.22 bits per heavy atom. The lowest BCUT2D eigenvalue weighted by Gasteiger charge is -2.35. The van der Waals surface area contributed by atoms with E-state index in [1.807, 2.05) is 31.4 Å². The molecule has 11 heteroatoms. The zero-order valence-electron chi connectivity index (χ0n) is 20.2. The molecule has 3 N–H and O–H groups in total. The minimum Gasteiger partial charge on any atom is -0.391 e. The summed E-state index contributed by atoms with van der Waals surface area (Å²) in [5.74, 6) is 1.81. The van der Waals surface area contributed by atoms with Gasteiger partial charge in [-0.25, -0.2) is 19.5 Å². The number of hydrogen-bond donors (Lipinski definition) is 3. The first-order chi connectivity index (χ1) is 17.5. The third-order valence-corrected chi connectivity index (χ3v) is 6.76. The second-order valence-electron chi connectivity index (χ2n) is 9.37. The number of carbonyl (C=O) groups excluding carboxylic acids is 1. The summed E-state index contributed by atoms with van der Waals surface area (Å²) < 4.78 is 7.44. The molecule has 1 amide bonds. The molecule has 36 heavy (non-hydrogen) atoms. The highest BCUT2D eigenvalue weighted by Crippen LogP contribution is 2.33. The molecule has 0 spiro atoms. The van der Waals surface area contributed by atoms with Crippen LogP contribution in [0.25, 0.3) is 27.8 Å². The molecule has 4 aromatic rings. The molecule has 5 heterocycles. The predicted octanol–water partition coefficient (Wildman–Crippen LogP) is 2.32. The summed E-state index contributed by atoms with van der Waals surface area (Å²) >= 11 is 0. The standard InChI is InChI=1S/C25H28N8O3/c1-14(34)20-13-32(7-8-36-20)16-5-6-22-30-24(31-33(22)12-16)19-11-28-23(26-2)18-10-27-21(9-17(18)19)29-25(35)15-3-4-15/h5-6,9-12,14-15,20,34H,3-4,7-8,13H2,1-2H3,(H,26,28)(H,27,29,35)/t14-,20-/m1/s1. The van der Waals surface area contributed by atoms with Gasteiger partial charge in [-0.05, 0) is 38.0 Å². The fourth-order valence-corrected chi connectivity index (χ4v) is 4.53. The van der Waals surface area contributed by atoms with E-state index in [4.69, 9.17) is 14.8 Å². The summed E-state index contributed by atoms with van der Waals surface area (Å²) in [7, 11) is 1.81. The van der Waals surface area contributed by atoms with Gasteiger partial charge in [0.15, 0.2) is 11.5 Å². The molecule has 2 aliphatic rings. The summed E-state index contributed by atoms with van der Waals surface area (Å²) in [4.78, 5) is 28.2. The van der Waals surface area contributed by atoms with E-state index < -0.39 is 6.10 Å². The lowest BCUT2D eigenvalue weighted by atomic mass is 10.1. The van der Waals surface area contributed by atoms with Crippen molar-refractivity contribution in [3.8, 4) is 11.4 Å². The zero-order chi connectivity index (χ0) is 24.8. The maximum absolute atomic E-state index is 12.3. The summed E-state index contributed by atoms with van der Waals surface area (Å²) in [6.07, 6.45) is 6.48. The van der Waals surface area contributed by atoms with E-state index in [1.54, 1.807) is 23.8 Å². The molecule has 0 unspecified atom stereocenters. The van der Waals surface area contributed by atoms with Crippen molar-refractivity contribution in [2.45, 2.75) is 32.0 Å². The molecule has 1 saturated carbocycles. The Labute approximate surface area is 207 Å². The quantitative estimate of drug-likeness (QED) is 0.374. The maximum atomic E-state index is 12.3. The van der Waals surface area contributed by atoms with Gasteiger partial charge in [0.25, 0.3) is 0 Å². The van der Waals surface area contributed by atoms with Crippen LogP contribution < -0.4 is 15.5 Å². The molecule has 1 saturated heterocycles. The highest BCUT2D eigenvalue weighted by Gasteiger charge is 2.30. The van der Waals surface area contributed by atoms with Gasteiger partial charge in [-0.1, -0.05) is 0 Å². The fourth-order valence-electron chi connectivity index (χ4n) is 4.53. The van der Waals surface area contributed by atoms with Crippen molar-refractivity contribution in [1.82, 2.24) is 24.6 Å². The average molecular weight is 489 g/mol. The van der Waals surface area contributed by atoms with E-state index in [0.717, 1.165) is 41.4 Å². The number of fused-ring (bicyclic) bond motifs is 2. The van der Waals surface area contributed by atoms with Gasteiger partial charge >= 0.3 is 0 Å². The van der Waals surface area contributed by atoms with Gasteiger partial charge in [0.2, 0.25) is 5.91 Å². The van der Waals surface area contributed by atoms with Gasteiger partial charge in [0, 0.05) is 54.8 Å². The Morgan fingerprint density at radius 3 is 2.86 bits per heavy atom. The summed E-state index contributed by atoms with van der Waals surface area (Å²) in [6, 6.07) is 5.79. The van der Waals surface area contributed by atoms with Crippen molar-refractivity contribution >= 4 is 39.6 Å². The molecular weight excluding hydrogens is 460 g/mol. The number of carbonyl (C=O) groups is 1. The molecule has 4 aromatic heterocycles. The van der Waals surface area contributed by atoms with Crippen LogP contribution in [-0.4, -0.2) is 74.5 Å². The maximum Gasteiger partial charge on any atom is 0.228 e. The minimum atomic E-state index is -0.538. The number of hydrogen-bond acceptors (Lipinski definition) is 9. The van der Waals surface area contributed by atoms with E-state index in [-0.39, 0.29) is 17.9 Å². The van der Waals surface area contributed by atoms with Crippen molar-refractivity contribution < 1.29 is 14.6 Å². The number of pyridine rings is 3. The molecule has 6 rings (SSSR count). The number of nitrogens with zero attached hydrogens (tertiary/aromatic N) is 6. The lowest BCUT2D eigenvalue weighted by molar-refractivity contribution is -0.117. The molecule has 11 nitrogen and oxygen atoms in total. The lowest BCUT2D eigenvalue weighted by Crippen LogP contribution is -2.47. The first-order valence-corrected chi connectivity index (χ1v) is 12.2. The van der Waals surface area contributed by atoms with Crippen molar-refractivity contribution in [1.29, 1.82) is 0 Å². The van der Waals surface area contributed by atoms with Crippen LogP contribution in [0.2, 0.25) is 0 Å². The van der Waals surface area contributed by atoms with Gasteiger partial charge in [0.1, 0.15) is 17.7 Å². The van der Waals surface area contributed by atoms with Gasteiger partial charge in [0.05, 0.1) is 24.6 Å². The first kappa shape index (κ1) is 22.6. The van der Waals surface area contributed by atoms with E-state index >= 15 is 0 Å². The predicted molar refractivity (Wildman–Crippen MR) is 136 cm³/mol. The van der Waals surface area contributed by atoms with Crippen LogP contribution in [0.15, 0.2) is 36.8 Å². The largest absolute Gasteiger partial charge is 0.391 e. The van der Waals surface area contributed by atoms with Gasteiger partial charge in [-0.15, -0.1) is 5.10 Å². The highest BCUT2D eigenvalue weighted by atomic mass is 16.5. The number of aromatic nitrogens is 5. The number of amides is 1. The molecule has 2 fully saturated rings. The molecule has 0 bridgehead atoms. The van der Waals surface area contributed by atoms with Crippen LogP contribution in [0.5, 0.6) is 0 Å². The third-order valence-electron chi connectivity index (χ3n) is 6.76. The molecule has 1 aliphatic heterocycles. The van der Waals surface area contributed by atoms with Gasteiger partial charge in [-0.3, -0.25) is 4.79 Å². The summed E-state index contributed by atoms with van der Waals surface area (Å²) in [6.45, 7) is 3.64. The van der Waals surface area contributed by atoms with Crippen LogP contribution in [0.3, 0.4) is 0 Å². The number of anilines is 3. The monoisotopic (exact) mass is 488 g/mol. The number of aliphatic hydroxyl groups excluding tert-OH is 1. The number of morpholine rings is 1. The molecule has 186 valence electrons. The number of aliphatic hydroxyl groups is 1. The van der Waals surface area contributed by atoms with Crippen molar-refractivity contribution in [3.05, 3.63) is 36.8 Å². The SMILES string of the molecule is CNc1ncc(-c2nc3ccc(N4CCO[C@@H]([C@@H](C)O)C4)cn3n2)c2cc(NC(=O)C3CC3)ncc12. The molecule has 2 atom stereocenters. The Morgan fingerprint density at radius 2 is 2.08 bits per heavy atom. The highest BCUT2D eigenvalue weighted by molar-refractivity contribution is 6.03. The number of ether oxygens (including phenoxy) is 1. The Bertz CT molecular complexity index is 1450. The number of nitrogens with one attached hydrogen (secondary N) is 2. The normalized spacial score (nSPS) is 19.0. The van der Waals surface area contributed by atoms with Crippen LogP contribution in [0, 0.1) is 5.92 Å². The second kappa shape index (κ2) is 8.99. The molecule has 1 aliphatic carbocycles. The first-order valence-electron chi connectivity index (χ1n) is 12.2. The third kappa shape index (κ3) is 4.20. The van der Waals surface area contributed by atoms with Gasteiger partial charge in [-0.2, -0.15) is 0 Å². The smallest absolute Gasteiger partial charge is 0.228 e. The van der Waals surface area contributed by atoms with Crippen molar-refractivity contribution in [2.75, 3.05) is 42.3 Å². The van der Waals surface area contributed by atoms with E-state index in [2.05, 4.69) is 25.5 Å². The molecule has 0 aromatic carbocycles. The second-order valence-corrected chi connectivity index (χ2v) is 9.37. The average Bonchev–Trinajstić information content (AvgIpc) is 3.67. The van der Waals surface area contributed by atoms with E-state index in [1.165, 1.54) is 0 Å². The van der Waals surface area contributed by atoms with Crippen LogP contribution >= 0.6 is 0 Å². The Balaban J connectivity index is 1.37. The summed E-state index contributed by atoms with van der Waals surface area (Å²) in [5, 5.41) is 22.4. The minimum absolute atomic E-state index is 0.00521. The summed E-state index contributed by atoms with van der Waals surface area (Å²) in [5.41, 5.74) is 2.44. The van der Waals surface area contributed by atoms with Crippen molar-refractivity contribution in [2.24, 2.45) is 5.92 Å². The van der Waals surface area contributed by atoms with Crippen LogP contribution in [-0.2, 0) is 9.53 Å². The molecule has 0 radical (unpaired) electrons. The van der Waals surface area contributed by atoms with Crippen molar-refractivity contribution in [3.63, 3.8) is 0 Å². The van der Waals surface area contributed by atoms with E-state index in [0.29, 0.717) is 36.3 Å². The van der Waals surface area contributed by atoms with Gasteiger partial charge < -0.3 is 25.4 Å². The fraction of sp³-hybridized carbons (Fsp3) is 0.400. The molecular formula is C25H28N8O3. The Hall–Kier alpha value is -3.83. The van der Waals surface area contributed by atoms with Crippen LogP contribution in [0.4, 0.5) is 17.3 Å². The van der Waals surface area contributed by atoms with E-state index in [9.17, 15) is 9.90 Å².